The number of carbonyl (C=O) groups is 1. The molecule has 1 aromatic carbocycles. The van der Waals surface area contributed by atoms with Gasteiger partial charge in [0.15, 0.2) is 9.84 Å². The molecule has 1 unspecified atom stereocenters. The molecule has 0 aromatic heterocycles. The van der Waals surface area contributed by atoms with E-state index in [1.54, 1.807) is 18.2 Å². The molecule has 1 heterocycles. The van der Waals surface area contributed by atoms with Crippen molar-refractivity contribution in [2.45, 2.75) is 24.3 Å². The van der Waals surface area contributed by atoms with Gasteiger partial charge in [-0.2, -0.15) is 0 Å². The van der Waals surface area contributed by atoms with Gasteiger partial charge in [0.05, 0.1) is 17.2 Å². The van der Waals surface area contributed by atoms with Crippen LogP contribution in [0.4, 0.5) is 0 Å². The Morgan fingerprint density at radius 3 is 2.84 bits per heavy atom. The fourth-order valence-corrected chi connectivity index (χ4v) is 3.90. The molecular formula is C13H18N2O3S. The molecule has 5 nitrogen and oxygen atoms in total. The molecule has 1 aliphatic heterocycles. The highest BCUT2D eigenvalue weighted by Gasteiger charge is 2.29. The highest BCUT2D eigenvalue weighted by Crippen LogP contribution is 2.31. The minimum atomic E-state index is -3.16. The van der Waals surface area contributed by atoms with E-state index in [1.165, 1.54) is 0 Å². The smallest absolute Gasteiger partial charge is 0.233 e. The van der Waals surface area contributed by atoms with Crippen LogP contribution in [0, 0.1) is 0 Å². The van der Waals surface area contributed by atoms with E-state index in [2.05, 4.69) is 10.6 Å². The first kappa shape index (κ1) is 14.0. The van der Waals surface area contributed by atoms with Gasteiger partial charge in [0, 0.05) is 12.6 Å². The predicted molar refractivity (Wildman–Crippen MR) is 72.5 cm³/mol. The van der Waals surface area contributed by atoms with Crippen LogP contribution in [0.1, 0.15) is 24.9 Å². The summed E-state index contributed by atoms with van der Waals surface area (Å²) in [6, 6.07) is 6.90. The maximum atomic E-state index is 12.0. The average molecular weight is 282 g/mol. The summed E-state index contributed by atoms with van der Waals surface area (Å²) in [5, 5.41) is 5.83. The molecule has 104 valence electrons. The van der Waals surface area contributed by atoms with Crippen LogP contribution in [0.15, 0.2) is 29.2 Å². The number of fused-ring (bicyclic) bond motifs is 1. The van der Waals surface area contributed by atoms with E-state index in [0.29, 0.717) is 17.9 Å². The van der Waals surface area contributed by atoms with Gasteiger partial charge in [-0.05, 0) is 25.0 Å². The number of amides is 1. The van der Waals surface area contributed by atoms with Crippen LogP contribution >= 0.6 is 0 Å². The fraction of sp³-hybridized carbons (Fsp3) is 0.462. The maximum absolute atomic E-state index is 12.0. The molecule has 0 aliphatic carbocycles. The first-order chi connectivity index (χ1) is 9.04. The zero-order valence-electron chi connectivity index (χ0n) is 10.8. The Labute approximate surface area is 113 Å². The Balaban J connectivity index is 2.14. The monoisotopic (exact) mass is 282 g/mol. The molecule has 0 bridgehead atoms. The van der Waals surface area contributed by atoms with Gasteiger partial charge in [-0.1, -0.05) is 18.2 Å². The summed E-state index contributed by atoms with van der Waals surface area (Å²) in [5.41, 5.74) is 0.762. The van der Waals surface area contributed by atoms with Crippen molar-refractivity contribution < 1.29 is 13.2 Å². The lowest BCUT2D eigenvalue weighted by Crippen LogP contribution is -2.37. The third kappa shape index (κ3) is 3.13. The molecular weight excluding hydrogens is 264 g/mol. The number of hydrogen-bond donors (Lipinski definition) is 2. The molecule has 1 aliphatic rings. The SMILES string of the molecule is CCNC(=O)CNC1CCS(=O)(=O)c2ccccc21. The topological polar surface area (TPSA) is 75.3 Å². The largest absolute Gasteiger partial charge is 0.355 e. The van der Waals surface area contributed by atoms with Crippen LogP contribution in [-0.4, -0.2) is 33.2 Å². The Morgan fingerprint density at radius 2 is 2.11 bits per heavy atom. The van der Waals surface area contributed by atoms with Crippen LogP contribution in [0.5, 0.6) is 0 Å². The molecule has 6 heteroatoms. The number of nitrogens with one attached hydrogen (secondary N) is 2. The Morgan fingerprint density at radius 1 is 1.37 bits per heavy atom. The quantitative estimate of drug-likeness (QED) is 0.849. The van der Waals surface area contributed by atoms with Crippen molar-refractivity contribution >= 4 is 15.7 Å². The van der Waals surface area contributed by atoms with Crippen molar-refractivity contribution in [1.82, 2.24) is 10.6 Å². The molecule has 0 fully saturated rings. The van der Waals surface area contributed by atoms with E-state index >= 15 is 0 Å². The second-order valence-corrected chi connectivity index (χ2v) is 6.61. The van der Waals surface area contributed by atoms with Gasteiger partial charge in [0.1, 0.15) is 0 Å². The Kier molecular flexibility index (Phi) is 4.21. The second kappa shape index (κ2) is 5.71. The van der Waals surface area contributed by atoms with Gasteiger partial charge < -0.3 is 10.6 Å². The number of hydrogen-bond acceptors (Lipinski definition) is 4. The molecule has 2 N–H and O–H groups in total. The van der Waals surface area contributed by atoms with Gasteiger partial charge in [0.25, 0.3) is 0 Å². The number of carbonyl (C=O) groups excluding carboxylic acids is 1. The molecule has 1 amide bonds. The van der Waals surface area contributed by atoms with Gasteiger partial charge in [0.2, 0.25) is 5.91 Å². The lowest BCUT2D eigenvalue weighted by molar-refractivity contribution is -0.120. The minimum absolute atomic E-state index is 0.0755. The van der Waals surface area contributed by atoms with Gasteiger partial charge >= 0.3 is 0 Å². The Bertz CT molecular complexity index is 569. The molecule has 0 saturated heterocycles. The zero-order chi connectivity index (χ0) is 13.9. The van der Waals surface area contributed by atoms with E-state index in [1.807, 2.05) is 13.0 Å². The molecule has 1 atom stereocenters. The summed E-state index contributed by atoms with van der Waals surface area (Å²) >= 11 is 0. The first-order valence-corrected chi connectivity index (χ1v) is 8.01. The highest BCUT2D eigenvalue weighted by atomic mass is 32.2. The summed E-state index contributed by atoms with van der Waals surface area (Å²) in [6.45, 7) is 2.66. The third-order valence-electron chi connectivity index (χ3n) is 3.19. The molecule has 1 aromatic rings. The maximum Gasteiger partial charge on any atom is 0.233 e. The standard InChI is InChI=1S/C13H18N2O3S/c1-2-14-13(16)9-15-11-7-8-19(17,18)12-6-4-3-5-10(11)12/h3-6,11,15H,2,7-9H2,1H3,(H,14,16). The van der Waals surface area contributed by atoms with Crippen molar-refractivity contribution in [2.75, 3.05) is 18.8 Å². The predicted octanol–water partition coefficient (Wildman–Crippen LogP) is 0.631. The number of rotatable bonds is 4. The second-order valence-electron chi connectivity index (χ2n) is 4.53. The summed E-state index contributed by atoms with van der Waals surface area (Å²) in [4.78, 5) is 11.8. The molecule has 19 heavy (non-hydrogen) atoms. The molecule has 2 rings (SSSR count). The summed E-state index contributed by atoms with van der Waals surface area (Å²) < 4.78 is 23.9. The van der Waals surface area contributed by atoms with Crippen LogP contribution in [0.25, 0.3) is 0 Å². The number of sulfone groups is 1. The summed E-state index contributed by atoms with van der Waals surface area (Å²) in [5.74, 6) is 0.0466. The summed E-state index contributed by atoms with van der Waals surface area (Å²) in [7, 11) is -3.16. The van der Waals surface area contributed by atoms with E-state index < -0.39 is 9.84 Å². The zero-order valence-corrected chi connectivity index (χ0v) is 11.7. The van der Waals surface area contributed by atoms with E-state index in [-0.39, 0.29) is 24.2 Å². The fourth-order valence-electron chi connectivity index (χ4n) is 2.28. The van der Waals surface area contributed by atoms with Crippen LogP contribution in [-0.2, 0) is 14.6 Å². The van der Waals surface area contributed by atoms with Crippen LogP contribution in [0.3, 0.4) is 0 Å². The first-order valence-electron chi connectivity index (χ1n) is 6.36. The number of benzene rings is 1. The van der Waals surface area contributed by atoms with Crippen LogP contribution < -0.4 is 10.6 Å². The lowest BCUT2D eigenvalue weighted by atomic mass is 10.0. The van der Waals surface area contributed by atoms with Crippen molar-refractivity contribution in [1.29, 1.82) is 0 Å². The van der Waals surface area contributed by atoms with Crippen molar-refractivity contribution in [3.8, 4) is 0 Å². The van der Waals surface area contributed by atoms with Gasteiger partial charge in [-0.3, -0.25) is 4.79 Å². The van der Waals surface area contributed by atoms with E-state index in [0.717, 1.165) is 5.56 Å². The Hall–Kier alpha value is -1.40. The van der Waals surface area contributed by atoms with Crippen molar-refractivity contribution in [3.63, 3.8) is 0 Å². The molecule has 0 saturated carbocycles. The van der Waals surface area contributed by atoms with Crippen molar-refractivity contribution in [3.05, 3.63) is 29.8 Å². The highest BCUT2D eigenvalue weighted by molar-refractivity contribution is 7.91. The lowest BCUT2D eigenvalue weighted by Gasteiger charge is -2.26. The molecule has 0 spiro atoms. The minimum Gasteiger partial charge on any atom is -0.355 e. The average Bonchev–Trinajstić information content (AvgIpc) is 2.38. The van der Waals surface area contributed by atoms with E-state index in [9.17, 15) is 13.2 Å². The summed E-state index contributed by atoms with van der Waals surface area (Å²) in [6.07, 6.45) is 0.499. The van der Waals surface area contributed by atoms with Gasteiger partial charge in [-0.25, -0.2) is 8.42 Å². The van der Waals surface area contributed by atoms with Crippen LogP contribution in [0.2, 0.25) is 0 Å². The number of likely N-dealkylation sites (N-methyl/N-ethyl adjacent to an activating group) is 1. The third-order valence-corrected chi connectivity index (χ3v) is 5.00. The van der Waals surface area contributed by atoms with Crippen molar-refractivity contribution in [2.24, 2.45) is 0 Å². The van der Waals surface area contributed by atoms with Gasteiger partial charge in [-0.15, -0.1) is 0 Å². The van der Waals surface area contributed by atoms with E-state index in [4.69, 9.17) is 0 Å². The normalized spacial score (nSPS) is 20.6. The molecule has 0 radical (unpaired) electrons.